The Kier molecular flexibility index (Phi) is 5.12. The Morgan fingerprint density at radius 1 is 1.24 bits per heavy atom. The molecule has 5 N–H and O–H groups in total. The third-order valence-corrected chi connectivity index (χ3v) is 5.40. The Bertz CT molecular complexity index is 423. The number of aliphatic imine (C=N–C) groups is 2. The molecule has 0 aromatic heterocycles. The van der Waals surface area contributed by atoms with Crippen molar-refractivity contribution < 1.29 is 33.8 Å². The molecule has 0 heterocycles. The SMILES string of the molecule is C=N/C=C(\C=NC)C(O)(P(=O)(O)O)P(=O)(O)O. The van der Waals surface area contributed by atoms with E-state index in [0.717, 1.165) is 0 Å². The van der Waals surface area contributed by atoms with Gasteiger partial charge in [-0.3, -0.25) is 19.1 Å². The molecule has 11 heteroatoms. The minimum Gasteiger partial charge on any atom is -0.364 e. The zero-order valence-electron chi connectivity index (χ0n) is 8.70. The first-order chi connectivity index (χ1) is 7.52. The minimum absolute atomic E-state index is 0.602. The first-order valence-electron chi connectivity index (χ1n) is 3.94. The second-order valence-electron chi connectivity index (χ2n) is 2.88. The van der Waals surface area contributed by atoms with Gasteiger partial charge in [0.1, 0.15) is 0 Å². The van der Waals surface area contributed by atoms with Crippen LogP contribution in [0.25, 0.3) is 0 Å². The van der Waals surface area contributed by atoms with E-state index < -0.39 is 25.8 Å². The summed E-state index contributed by atoms with van der Waals surface area (Å²) in [6.45, 7) is 2.96. The molecule has 9 nitrogen and oxygen atoms in total. The maximum Gasteiger partial charge on any atom is 0.374 e. The zero-order valence-corrected chi connectivity index (χ0v) is 10.5. The lowest BCUT2D eigenvalue weighted by atomic mass is 10.3. The fourth-order valence-corrected chi connectivity index (χ4v) is 3.21. The first kappa shape index (κ1) is 16.3. The summed E-state index contributed by atoms with van der Waals surface area (Å²) < 4.78 is 22.2. The fourth-order valence-electron chi connectivity index (χ4n) is 0.950. The van der Waals surface area contributed by atoms with Crippen LogP contribution in [0, 0.1) is 0 Å². The van der Waals surface area contributed by atoms with Gasteiger partial charge in [-0.15, -0.1) is 0 Å². The minimum atomic E-state index is -5.58. The topological polar surface area (TPSA) is 160 Å². The average molecular weight is 286 g/mol. The second-order valence-corrected chi connectivity index (χ2v) is 6.70. The highest BCUT2D eigenvalue weighted by Gasteiger charge is 2.61. The molecule has 0 aliphatic heterocycles. The molecule has 0 unspecified atom stereocenters. The van der Waals surface area contributed by atoms with Crippen LogP contribution in [0.2, 0.25) is 0 Å². The predicted octanol–water partition coefficient (Wildman–Crippen LogP) is -0.727. The third kappa shape index (κ3) is 3.17. The Morgan fingerprint density at radius 2 is 1.65 bits per heavy atom. The van der Waals surface area contributed by atoms with E-state index in [1.54, 1.807) is 0 Å². The van der Waals surface area contributed by atoms with Crippen molar-refractivity contribution in [3.8, 4) is 0 Å². The van der Waals surface area contributed by atoms with Crippen LogP contribution < -0.4 is 0 Å². The molecule has 0 aliphatic carbocycles. The molecule has 0 aromatic carbocycles. The molecule has 98 valence electrons. The quantitative estimate of drug-likeness (QED) is 0.329. The van der Waals surface area contributed by atoms with Crippen LogP contribution in [0.1, 0.15) is 0 Å². The lowest BCUT2D eigenvalue weighted by Gasteiger charge is -2.29. The second kappa shape index (κ2) is 5.32. The van der Waals surface area contributed by atoms with E-state index >= 15 is 0 Å². The molecule has 17 heavy (non-hydrogen) atoms. The van der Waals surface area contributed by atoms with Gasteiger partial charge in [-0.2, -0.15) is 0 Å². The van der Waals surface area contributed by atoms with Crippen LogP contribution in [0.5, 0.6) is 0 Å². The maximum absolute atomic E-state index is 11.1. The summed E-state index contributed by atoms with van der Waals surface area (Å²) in [5.74, 6) is 0. The average Bonchev–Trinajstić information content (AvgIpc) is 2.12. The summed E-state index contributed by atoms with van der Waals surface area (Å²) in [6, 6.07) is 0. The van der Waals surface area contributed by atoms with Gasteiger partial charge in [0.05, 0.1) is 0 Å². The summed E-state index contributed by atoms with van der Waals surface area (Å²) in [5.41, 5.74) is -0.836. The van der Waals surface area contributed by atoms with Gasteiger partial charge in [-0.25, -0.2) is 0 Å². The molecule has 0 aliphatic rings. The van der Waals surface area contributed by atoms with Gasteiger partial charge >= 0.3 is 15.2 Å². The van der Waals surface area contributed by atoms with Crippen molar-refractivity contribution in [3.63, 3.8) is 0 Å². The van der Waals surface area contributed by atoms with Gasteiger partial charge in [-0.05, 0) is 6.72 Å². The predicted molar refractivity (Wildman–Crippen MR) is 61.1 cm³/mol. The third-order valence-electron chi connectivity index (χ3n) is 1.70. The molecule has 0 bridgehead atoms. The van der Waals surface area contributed by atoms with E-state index in [1.165, 1.54) is 7.05 Å². The molecule has 0 spiro atoms. The molecule has 0 saturated heterocycles. The maximum atomic E-state index is 11.1. The number of rotatable bonds is 5. The summed E-state index contributed by atoms with van der Waals surface area (Å²) in [6.07, 6.45) is 1.28. The van der Waals surface area contributed by atoms with Crippen LogP contribution in [0.4, 0.5) is 0 Å². The highest BCUT2D eigenvalue weighted by atomic mass is 31.2. The van der Waals surface area contributed by atoms with E-state index in [2.05, 4.69) is 16.7 Å². The molecule has 0 radical (unpaired) electrons. The Balaban J connectivity index is 6.16. The van der Waals surface area contributed by atoms with Crippen molar-refractivity contribution in [3.05, 3.63) is 11.8 Å². The summed E-state index contributed by atoms with van der Waals surface area (Å²) >= 11 is 0. The van der Waals surface area contributed by atoms with E-state index in [-0.39, 0.29) is 0 Å². The summed E-state index contributed by atoms with van der Waals surface area (Å²) in [7, 11) is -9.98. The van der Waals surface area contributed by atoms with Crippen LogP contribution in [0.15, 0.2) is 21.8 Å². The zero-order chi connectivity index (χ0) is 13.9. The Morgan fingerprint density at radius 3 is 1.88 bits per heavy atom. The summed E-state index contributed by atoms with van der Waals surface area (Å²) in [5, 5.41) is 5.94. The molecular weight excluding hydrogens is 274 g/mol. The van der Waals surface area contributed by atoms with Crippen molar-refractivity contribution in [2.24, 2.45) is 9.98 Å². The smallest absolute Gasteiger partial charge is 0.364 e. The summed E-state index contributed by atoms with van der Waals surface area (Å²) in [4.78, 5) is 42.0. The number of aliphatic hydroxyl groups is 1. The first-order valence-corrected chi connectivity index (χ1v) is 7.17. The van der Waals surface area contributed by atoms with Gasteiger partial charge < -0.3 is 24.7 Å². The van der Waals surface area contributed by atoms with Gasteiger partial charge in [0.2, 0.25) is 0 Å². The number of hydrogen-bond acceptors (Lipinski definition) is 5. The molecular formula is C6H12N2O7P2. The van der Waals surface area contributed by atoms with Gasteiger partial charge in [0, 0.05) is 25.0 Å². The van der Waals surface area contributed by atoms with E-state index in [1.807, 2.05) is 0 Å². The van der Waals surface area contributed by atoms with Crippen LogP contribution in [-0.4, -0.2) is 49.7 Å². The van der Waals surface area contributed by atoms with Gasteiger partial charge in [0.15, 0.2) is 0 Å². The van der Waals surface area contributed by atoms with Crippen molar-refractivity contribution in [2.45, 2.75) is 5.08 Å². The molecule has 0 rings (SSSR count). The van der Waals surface area contributed by atoms with E-state index in [4.69, 9.17) is 19.6 Å². The molecule has 0 amide bonds. The standard InChI is InChI=1S/C6H12N2O7P2/c1-7-3-5(4-8-2)6(9,16(10,11)12)17(13,14)15/h3-4,9H,1H2,2H3,(H2,10,11,12)(H2,13,14,15)/b5-3+,8-4?. The van der Waals surface area contributed by atoms with Gasteiger partial charge in [0.25, 0.3) is 5.08 Å². The van der Waals surface area contributed by atoms with Crippen LogP contribution in [0.3, 0.4) is 0 Å². The highest BCUT2D eigenvalue weighted by molar-refractivity contribution is 7.72. The largest absolute Gasteiger partial charge is 0.374 e. The monoisotopic (exact) mass is 286 g/mol. The van der Waals surface area contributed by atoms with Crippen molar-refractivity contribution >= 4 is 28.1 Å². The van der Waals surface area contributed by atoms with E-state index in [0.29, 0.717) is 12.4 Å². The molecule has 0 aromatic rings. The lowest BCUT2D eigenvalue weighted by molar-refractivity contribution is 0.163. The fraction of sp³-hybridized carbons (Fsp3) is 0.333. The Labute approximate surface area is 96.6 Å². The van der Waals surface area contributed by atoms with Crippen molar-refractivity contribution in [2.75, 3.05) is 7.05 Å². The Hall–Kier alpha value is -0.660. The molecule has 0 saturated carbocycles. The normalized spacial score (nSPS) is 15.3. The highest BCUT2D eigenvalue weighted by Crippen LogP contribution is 2.70. The van der Waals surface area contributed by atoms with Crippen LogP contribution in [-0.2, 0) is 9.13 Å². The van der Waals surface area contributed by atoms with Gasteiger partial charge in [-0.1, -0.05) is 0 Å². The molecule has 0 fully saturated rings. The number of nitrogens with zero attached hydrogens (tertiary/aromatic N) is 2. The van der Waals surface area contributed by atoms with Crippen molar-refractivity contribution in [1.82, 2.24) is 0 Å². The number of hydrogen-bond donors (Lipinski definition) is 5. The van der Waals surface area contributed by atoms with Crippen LogP contribution >= 0.6 is 15.2 Å². The van der Waals surface area contributed by atoms with E-state index in [9.17, 15) is 14.2 Å². The van der Waals surface area contributed by atoms with Crippen molar-refractivity contribution in [1.29, 1.82) is 0 Å². The molecule has 0 atom stereocenters. The lowest BCUT2D eigenvalue weighted by Crippen LogP contribution is -2.32.